The average molecular weight is 465 g/mol. The Labute approximate surface area is 179 Å². The number of halogens is 1. The number of thiocarbonyl (C=S) groups is 1. The molecule has 0 unspecified atom stereocenters. The summed E-state index contributed by atoms with van der Waals surface area (Å²) in [5.74, 6) is 1.71. The fourth-order valence-electron chi connectivity index (χ4n) is 2.39. The fraction of sp³-hybridized carbons (Fsp3) is 0.333. The predicted molar refractivity (Wildman–Crippen MR) is 119 cm³/mol. The Kier molecular flexibility index (Phi) is 8.73. The Balaban J connectivity index is 1.90. The molecule has 0 bridgehead atoms. The molecule has 0 saturated heterocycles. The lowest BCUT2D eigenvalue weighted by molar-refractivity contribution is 0.0976. The van der Waals surface area contributed by atoms with Gasteiger partial charge in [-0.05, 0) is 70.3 Å². The molecule has 5 nitrogen and oxygen atoms in total. The molecule has 2 rings (SSSR count). The molecular weight excluding hydrogens is 440 g/mol. The van der Waals surface area contributed by atoms with Gasteiger partial charge in [0.05, 0.1) is 19.3 Å². The third-order valence-electron chi connectivity index (χ3n) is 3.98. The van der Waals surface area contributed by atoms with E-state index in [4.69, 9.17) is 21.7 Å². The van der Waals surface area contributed by atoms with E-state index in [0.29, 0.717) is 34.9 Å². The monoisotopic (exact) mass is 464 g/mol. The van der Waals surface area contributed by atoms with Crippen LogP contribution >= 0.6 is 28.1 Å². The Morgan fingerprint density at radius 3 is 2.61 bits per heavy atom. The van der Waals surface area contributed by atoms with Crippen molar-refractivity contribution in [2.45, 2.75) is 26.8 Å². The highest BCUT2D eigenvalue weighted by atomic mass is 79.9. The first-order chi connectivity index (χ1) is 13.4. The van der Waals surface area contributed by atoms with Gasteiger partial charge in [-0.15, -0.1) is 0 Å². The quantitative estimate of drug-likeness (QED) is 0.555. The van der Waals surface area contributed by atoms with Gasteiger partial charge in [-0.1, -0.05) is 32.0 Å². The zero-order valence-electron chi connectivity index (χ0n) is 16.3. The third kappa shape index (κ3) is 6.80. The smallest absolute Gasteiger partial charge is 0.258 e. The molecule has 0 fully saturated rings. The second-order valence-electron chi connectivity index (χ2n) is 6.63. The van der Waals surface area contributed by atoms with E-state index in [-0.39, 0.29) is 11.0 Å². The lowest BCUT2D eigenvalue weighted by Crippen LogP contribution is -2.38. The van der Waals surface area contributed by atoms with E-state index in [1.165, 1.54) is 0 Å². The predicted octanol–water partition coefficient (Wildman–Crippen LogP) is 4.69. The van der Waals surface area contributed by atoms with Crippen molar-refractivity contribution in [3.63, 3.8) is 0 Å². The molecule has 0 aromatic heterocycles. The molecule has 0 aliphatic rings. The molecule has 0 heterocycles. The van der Waals surface area contributed by atoms with Gasteiger partial charge in [0, 0.05) is 11.0 Å². The fourth-order valence-corrected chi connectivity index (χ4v) is 3.02. The summed E-state index contributed by atoms with van der Waals surface area (Å²) < 4.78 is 11.9. The Morgan fingerprint density at radius 2 is 1.93 bits per heavy atom. The topological polar surface area (TPSA) is 59.6 Å². The van der Waals surface area contributed by atoms with Crippen LogP contribution in [0.4, 0.5) is 0 Å². The Bertz CT molecular complexity index is 827. The van der Waals surface area contributed by atoms with Crippen molar-refractivity contribution in [3.05, 3.63) is 58.1 Å². The molecule has 2 aromatic carbocycles. The summed E-state index contributed by atoms with van der Waals surface area (Å²) in [6.07, 6.45) is 0.984. The van der Waals surface area contributed by atoms with Crippen LogP contribution in [0.1, 0.15) is 36.2 Å². The first-order valence-electron chi connectivity index (χ1n) is 9.04. The first-order valence-corrected chi connectivity index (χ1v) is 10.2. The number of amides is 1. The van der Waals surface area contributed by atoms with E-state index in [2.05, 4.69) is 40.4 Å². The number of rotatable bonds is 8. The van der Waals surface area contributed by atoms with E-state index in [9.17, 15) is 4.79 Å². The molecule has 7 heteroatoms. The van der Waals surface area contributed by atoms with Crippen molar-refractivity contribution < 1.29 is 14.3 Å². The molecule has 0 aliphatic carbocycles. The molecular formula is C21H25BrN2O3S. The third-order valence-corrected chi connectivity index (χ3v) is 4.92. The molecule has 0 aliphatic heterocycles. The largest absolute Gasteiger partial charge is 0.493 e. The van der Waals surface area contributed by atoms with Crippen LogP contribution in [0.3, 0.4) is 0 Å². The van der Waals surface area contributed by atoms with Crippen LogP contribution < -0.4 is 20.1 Å². The lowest BCUT2D eigenvalue weighted by Gasteiger charge is -2.14. The number of hydrogen-bond acceptors (Lipinski definition) is 4. The molecule has 2 N–H and O–H groups in total. The Morgan fingerprint density at radius 1 is 1.18 bits per heavy atom. The highest BCUT2D eigenvalue weighted by molar-refractivity contribution is 9.10. The van der Waals surface area contributed by atoms with Gasteiger partial charge < -0.3 is 14.8 Å². The van der Waals surface area contributed by atoms with Gasteiger partial charge >= 0.3 is 0 Å². The number of nitrogens with one attached hydrogen (secondary N) is 2. The van der Waals surface area contributed by atoms with Crippen LogP contribution in [0, 0.1) is 5.92 Å². The lowest BCUT2D eigenvalue weighted by atomic mass is 10.1. The number of hydrogen-bond donors (Lipinski definition) is 2. The van der Waals surface area contributed by atoms with Gasteiger partial charge in [-0.3, -0.25) is 10.1 Å². The van der Waals surface area contributed by atoms with Gasteiger partial charge in [-0.2, -0.15) is 0 Å². The molecule has 28 heavy (non-hydrogen) atoms. The van der Waals surface area contributed by atoms with Crippen LogP contribution in [0.2, 0.25) is 0 Å². The summed E-state index contributed by atoms with van der Waals surface area (Å²) in [6, 6.07) is 12.9. The molecule has 0 radical (unpaired) electrons. The van der Waals surface area contributed by atoms with Crippen LogP contribution in [-0.4, -0.2) is 24.7 Å². The summed E-state index contributed by atoms with van der Waals surface area (Å²) in [6.45, 7) is 5.43. The van der Waals surface area contributed by atoms with Crippen LogP contribution in [0.5, 0.6) is 11.5 Å². The number of carbonyl (C=O) groups excluding carboxylic acids is 1. The normalized spacial score (nSPS) is 10.5. The molecule has 1 amide bonds. The van der Waals surface area contributed by atoms with E-state index in [1.54, 1.807) is 19.2 Å². The molecule has 2 aromatic rings. The van der Waals surface area contributed by atoms with Crippen molar-refractivity contribution >= 4 is 39.2 Å². The van der Waals surface area contributed by atoms with Gasteiger partial charge in [0.15, 0.2) is 16.6 Å². The minimum absolute atomic E-state index is 0.261. The second kappa shape index (κ2) is 11.0. The summed E-state index contributed by atoms with van der Waals surface area (Å²) in [7, 11) is 1.62. The van der Waals surface area contributed by atoms with Crippen molar-refractivity contribution in [3.8, 4) is 11.5 Å². The average Bonchev–Trinajstić information content (AvgIpc) is 2.67. The summed E-state index contributed by atoms with van der Waals surface area (Å²) in [4.78, 5) is 12.3. The van der Waals surface area contributed by atoms with Gasteiger partial charge in [0.2, 0.25) is 0 Å². The maximum atomic E-state index is 12.3. The number of ether oxygens (including phenoxy) is 2. The summed E-state index contributed by atoms with van der Waals surface area (Å²) in [5.41, 5.74) is 1.49. The van der Waals surface area contributed by atoms with Crippen LogP contribution in [-0.2, 0) is 6.54 Å². The van der Waals surface area contributed by atoms with Crippen molar-refractivity contribution in [2.75, 3.05) is 13.7 Å². The standard InChI is InChI=1S/C21H25BrN2O3S/c1-14(2)10-11-27-18-9-8-15(12-19(18)26-3)13-23-21(28)24-20(25)16-6-4-5-7-17(16)22/h4-9,12,14H,10-11,13H2,1-3H3,(H2,23,24,25,28). The van der Waals surface area contributed by atoms with Gasteiger partial charge in [0.25, 0.3) is 5.91 Å². The minimum Gasteiger partial charge on any atom is -0.493 e. The van der Waals surface area contributed by atoms with Crippen molar-refractivity contribution in [2.24, 2.45) is 5.92 Å². The number of benzene rings is 2. The van der Waals surface area contributed by atoms with Crippen LogP contribution in [0.15, 0.2) is 46.9 Å². The second-order valence-corrected chi connectivity index (χ2v) is 7.90. The maximum Gasteiger partial charge on any atom is 0.258 e. The number of methoxy groups -OCH3 is 1. The van der Waals surface area contributed by atoms with E-state index >= 15 is 0 Å². The van der Waals surface area contributed by atoms with Gasteiger partial charge in [-0.25, -0.2) is 0 Å². The van der Waals surface area contributed by atoms with Crippen LogP contribution in [0.25, 0.3) is 0 Å². The summed E-state index contributed by atoms with van der Waals surface area (Å²) in [5, 5.41) is 5.98. The van der Waals surface area contributed by atoms with Crippen molar-refractivity contribution in [1.29, 1.82) is 0 Å². The zero-order chi connectivity index (χ0) is 20.5. The van der Waals surface area contributed by atoms with Gasteiger partial charge in [0.1, 0.15) is 0 Å². The minimum atomic E-state index is -0.267. The molecule has 0 spiro atoms. The molecule has 0 saturated carbocycles. The summed E-state index contributed by atoms with van der Waals surface area (Å²) >= 11 is 8.59. The van der Waals surface area contributed by atoms with E-state index in [1.807, 2.05) is 30.3 Å². The van der Waals surface area contributed by atoms with E-state index < -0.39 is 0 Å². The maximum absolute atomic E-state index is 12.3. The highest BCUT2D eigenvalue weighted by Crippen LogP contribution is 2.28. The highest BCUT2D eigenvalue weighted by Gasteiger charge is 2.11. The molecule has 0 atom stereocenters. The Hall–Kier alpha value is -2.12. The van der Waals surface area contributed by atoms with E-state index in [0.717, 1.165) is 17.7 Å². The first kappa shape index (κ1) is 22.2. The number of carbonyl (C=O) groups is 1. The molecule has 150 valence electrons. The zero-order valence-corrected chi connectivity index (χ0v) is 18.7. The SMILES string of the molecule is COc1cc(CNC(=S)NC(=O)c2ccccc2Br)ccc1OCCC(C)C. The van der Waals surface area contributed by atoms with Crippen molar-refractivity contribution in [1.82, 2.24) is 10.6 Å².